The van der Waals surface area contributed by atoms with E-state index in [-0.39, 0.29) is 17.9 Å². The molecule has 1 atom stereocenters. The molecule has 1 saturated heterocycles. The van der Waals surface area contributed by atoms with Gasteiger partial charge >= 0.3 is 6.03 Å². The number of halogens is 1. The lowest BCUT2D eigenvalue weighted by Crippen LogP contribution is -2.43. The van der Waals surface area contributed by atoms with E-state index >= 15 is 0 Å². The second-order valence-corrected chi connectivity index (χ2v) is 6.42. The Morgan fingerprint density at radius 3 is 2.92 bits per heavy atom. The Bertz CT molecular complexity index is 726. The monoisotopic (exact) mass is 330 g/mol. The quantitative estimate of drug-likeness (QED) is 0.922. The van der Waals surface area contributed by atoms with E-state index in [0.717, 1.165) is 42.0 Å². The van der Waals surface area contributed by atoms with Gasteiger partial charge < -0.3 is 14.6 Å². The zero-order valence-corrected chi connectivity index (χ0v) is 14.1. The van der Waals surface area contributed by atoms with E-state index in [2.05, 4.69) is 5.32 Å². The van der Waals surface area contributed by atoms with E-state index < -0.39 is 0 Å². The first-order valence-electron chi connectivity index (χ1n) is 8.38. The van der Waals surface area contributed by atoms with Crippen molar-refractivity contribution in [3.63, 3.8) is 0 Å². The minimum absolute atomic E-state index is 0.0628. The van der Waals surface area contributed by atoms with Crippen LogP contribution >= 0.6 is 0 Å². The van der Waals surface area contributed by atoms with Crippen molar-refractivity contribution in [1.82, 2.24) is 10.2 Å². The largest absolute Gasteiger partial charge is 0.466 e. The summed E-state index contributed by atoms with van der Waals surface area (Å²) in [4.78, 5) is 14.4. The molecule has 1 aliphatic rings. The zero-order valence-electron chi connectivity index (χ0n) is 14.1. The smallest absolute Gasteiger partial charge is 0.317 e. The summed E-state index contributed by atoms with van der Waals surface area (Å²) in [7, 11) is 0. The van der Waals surface area contributed by atoms with Crippen molar-refractivity contribution in [2.24, 2.45) is 0 Å². The highest BCUT2D eigenvalue weighted by atomic mass is 19.1. The van der Waals surface area contributed by atoms with Crippen LogP contribution in [0, 0.1) is 19.7 Å². The van der Waals surface area contributed by atoms with Crippen LogP contribution in [0.25, 0.3) is 0 Å². The summed E-state index contributed by atoms with van der Waals surface area (Å²) in [5.41, 5.74) is 1.93. The Hall–Kier alpha value is -2.30. The van der Waals surface area contributed by atoms with Crippen LogP contribution in [0.3, 0.4) is 0 Å². The predicted molar refractivity (Wildman–Crippen MR) is 90.2 cm³/mol. The highest BCUT2D eigenvalue weighted by molar-refractivity contribution is 5.75. The van der Waals surface area contributed by atoms with Crippen LogP contribution in [-0.2, 0) is 13.0 Å². The van der Waals surface area contributed by atoms with Crippen LogP contribution in [0.15, 0.2) is 34.7 Å². The molecule has 1 aromatic heterocycles. The number of hydrogen-bond donors (Lipinski definition) is 1. The van der Waals surface area contributed by atoms with Gasteiger partial charge in [0.05, 0.1) is 0 Å². The second kappa shape index (κ2) is 7.07. The minimum Gasteiger partial charge on any atom is -0.466 e. The summed E-state index contributed by atoms with van der Waals surface area (Å²) < 4.78 is 18.8. The summed E-state index contributed by atoms with van der Waals surface area (Å²) in [6.07, 6.45) is 2.63. The molecule has 0 aliphatic carbocycles. The van der Waals surface area contributed by atoms with Gasteiger partial charge in [-0.15, -0.1) is 0 Å². The van der Waals surface area contributed by atoms with Crippen LogP contribution < -0.4 is 5.32 Å². The number of rotatable bonds is 4. The number of carbonyl (C=O) groups excluding carboxylic acids is 1. The molecule has 0 radical (unpaired) electrons. The Balaban J connectivity index is 1.60. The molecule has 0 spiro atoms. The lowest BCUT2D eigenvalue weighted by molar-refractivity contribution is 0.192. The molecule has 0 bridgehead atoms. The first-order chi connectivity index (χ1) is 11.5. The van der Waals surface area contributed by atoms with Crippen molar-refractivity contribution < 1.29 is 13.6 Å². The SMILES string of the molecule is Cc1cc(CNC(=O)N2CCCC2Cc2cccc(F)c2)c(C)o1. The van der Waals surface area contributed by atoms with Crippen LogP contribution in [0.5, 0.6) is 0 Å². The number of nitrogens with one attached hydrogen (secondary N) is 1. The highest BCUT2D eigenvalue weighted by Crippen LogP contribution is 2.22. The van der Waals surface area contributed by atoms with Gasteiger partial charge in [0.15, 0.2) is 0 Å². The Morgan fingerprint density at radius 1 is 1.38 bits per heavy atom. The number of furan rings is 1. The lowest BCUT2D eigenvalue weighted by Gasteiger charge is -2.25. The molecule has 128 valence electrons. The van der Waals surface area contributed by atoms with E-state index in [9.17, 15) is 9.18 Å². The van der Waals surface area contributed by atoms with Crippen molar-refractivity contribution in [2.75, 3.05) is 6.54 Å². The number of hydrogen-bond acceptors (Lipinski definition) is 2. The zero-order chi connectivity index (χ0) is 17.1. The molecule has 0 saturated carbocycles. The molecule has 24 heavy (non-hydrogen) atoms. The summed E-state index contributed by atoms with van der Waals surface area (Å²) in [5.74, 6) is 1.46. The molecule has 1 N–H and O–H groups in total. The van der Waals surface area contributed by atoms with Gasteiger partial charge in [-0.1, -0.05) is 12.1 Å². The molecule has 2 heterocycles. The second-order valence-electron chi connectivity index (χ2n) is 6.42. The number of urea groups is 1. The summed E-state index contributed by atoms with van der Waals surface area (Å²) >= 11 is 0. The van der Waals surface area contributed by atoms with Gasteiger partial charge in [0.1, 0.15) is 17.3 Å². The van der Waals surface area contributed by atoms with Crippen LogP contribution in [0.2, 0.25) is 0 Å². The van der Waals surface area contributed by atoms with E-state index in [1.54, 1.807) is 12.1 Å². The van der Waals surface area contributed by atoms with Crippen LogP contribution in [0.1, 0.15) is 35.5 Å². The molecule has 3 rings (SSSR count). The van der Waals surface area contributed by atoms with Gasteiger partial charge in [-0.05, 0) is 56.9 Å². The molecular formula is C19H23FN2O2. The minimum atomic E-state index is -0.229. The number of likely N-dealkylation sites (tertiary alicyclic amines) is 1. The summed E-state index contributed by atoms with van der Waals surface area (Å²) in [6, 6.07) is 8.63. The fourth-order valence-corrected chi connectivity index (χ4v) is 3.38. The fourth-order valence-electron chi connectivity index (χ4n) is 3.38. The van der Waals surface area contributed by atoms with Gasteiger partial charge in [-0.25, -0.2) is 9.18 Å². The van der Waals surface area contributed by atoms with Crippen LogP contribution in [-0.4, -0.2) is 23.5 Å². The number of amides is 2. The maximum Gasteiger partial charge on any atom is 0.317 e. The van der Waals surface area contributed by atoms with E-state index in [0.29, 0.717) is 13.0 Å². The number of benzene rings is 1. The number of aryl methyl sites for hydroxylation is 2. The van der Waals surface area contributed by atoms with Crippen LogP contribution in [0.4, 0.5) is 9.18 Å². The van der Waals surface area contributed by atoms with Crippen molar-refractivity contribution in [3.05, 3.63) is 58.8 Å². The molecule has 1 fully saturated rings. The predicted octanol–water partition coefficient (Wildman–Crippen LogP) is 3.95. The third-order valence-corrected chi connectivity index (χ3v) is 4.57. The molecule has 2 aromatic rings. The molecular weight excluding hydrogens is 307 g/mol. The molecule has 1 aliphatic heterocycles. The highest BCUT2D eigenvalue weighted by Gasteiger charge is 2.28. The number of carbonyl (C=O) groups is 1. The lowest BCUT2D eigenvalue weighted by atomic mass is 10.0. The maximum absolute atomic E-state index is 13.3. The third-order valence-electron chi connectivity index (χ3n) is 4.57. The molecule has 4 nitrogen and oxygen atoms in total. The van der Waals surface area contributed by atoms with Crippen molar-refractivity contribution in [1.29, 1.82) is 0 Å². The average Bonchev–Trinajstić information content (AvgIpc) is 3.11. The van der Waals surface area contributed by atoms with Gasteiger partial charge in [0, 0.05) is 24.7 Å². The summed E-state index contributed by atoms with van der Waals surface area (Å²) in [6.45, 7) is 5.01. The third kappa shape index (κ3) is 3.78. The van der Waals surface area contributed by atoms with Crippen molar-refractivity contribution in [2.45, 2.75) is 45.7 Å². The van der Waals surface area contributed by atoms with E-state index in [4.69, 9.17) is 4.42 Å². The Morgan fingerprint density at radius 2 is 2.21 bits per heavy atom. The standard InChI is InChI=1S/C19H23FN2O2/c1-13-9-16(14(2)24-13)12-21-19(23)22-8-4-7-18(22)11-15-5-3-6-17(20)10-15/h3,5-6,9-10,18H,4,7-8,11-12H2,1-2H3,(H,21,23). The summed E-state index contributed by atoms with van der Waals surface area (Å²) in [5, 5.41) is 2.98. The molecule has 2 amide bonds. The fraction of sp³-hybridized carbons (Fsp3) is 0.421. The topological polar surface area (TPSA) is 45.5 Å². The first kappa shape index (κ1) is 16.6. The maximum atomic E-state index is 13.3. The van der Waals surface area contributed by atoms with Gasteiger partial charge in [0.2, 0.25) is 0 Å². The molecule has 1 aromatic carbocycles. The average molecular weight is 330 g/mol. The van der Waals surface area contributed by atoms with Gasteiger partial charge in [-0.3, -0.25) is 0 Å². The van der Waals surface area contributed by atoms with E-state index in [1.165, 1.54) is 6.07 Å². The van der Waals surface area contributed by atoms with Crippen molar-refractivity contribution >= 4 is 6.03 Å². The van der Waals surface area contributed by atoms with Gasteiger partial charge in [0.25, 0.3) is 0 Å². The normalized spacial score (nSPS) is 17.3. The van der Waals surface area contributed by atoms with Crippen molar-refractivity contribution in [3.8, 4) is 0 Å². The first-order valence-corrected chi connectivity index (χ1v) is 8.38. The Kier molecular flexibility index (Phi) is 4.88. The molecule has 5 heteroatoms. The van der Waals surface area contributed by atoms with Gasteiger partial charge in [-0.2, -0.15) is 0 Å². The molecule has 1 unspecified atom stereocenters. The number of nitrogens with zero attached hydrogens (tertiary/aromatic N) is 1. The Labute approximate surface area is 141 Å². The van der Waals surface area contributed by atoms with E-state index in [1.807, 2.05) is 30.9 Å².